The largest absolute Gasteiger partial charge is 0.309 e. The molecule has 1 N–H and O–H groups in total. The lowest BCUT2D eigenvalue weighted by Crippen LogP contribution is -2.22. The van der Waals surface area contributed by atoms with Crippen LogP contribution in [0.5, 0.6) is 0 Å². The summed E-state index contributed by atoms with van der Waals surface area (Å²) in [5.74, 6) is 0.738. The van der Waals surface area contributed by atoms with Crippen molar-refractivity contribution in [2.24, 2.45) is 5.92 Å². The quantitative estimate of drug-likeness (QED) is 0.832. The maximum atomic E-state index is 4.81. The standard InChI is InChI=1S/C17H24N2/c1-4-18-16(11-9-13(2)3)17-12-10-14-7-5-6-8-15(14)19-17/h5-8,10,12-13,16,18H,4,9,11H2,1-3H3. The van der Waals surface area contributed by atoms with Crippen molar-refractivity contribution in [2.75, 3.05) is 6.54 Å². The summed E-state index contributed by atoms with van der Waals surface area (Å²) in [4.78, 5) is 4.81. The van der Waals surface area contributed by atoms with Gasteiger partial charge >= 0.3 is 0 Å². The molecule has 19 heavy (non-hydrogen) atoms. The van der Waals surface area contributed by atoms with E-state index >= 15 is 0 Å². The minimum Gasteiger partial charge on any atom is -0.309 e. The van der Waals surface area contributed by atoms with Crippen molar-refractivity contribution >= 4 is 10.9 Å². The molecule has 1 aromatic heterocycles. The number of pyridine rings is 1. The van der Waals surface area contributed by atoms with Crippen LogP contribution in [0.2, 0.25) is 0 Å². The van der Waals surface area contributed by atoms with Crippen LogP contribution < -0.4 is 5.32 Å². The van der Waals surface area contributed by atoms with Crippen molar-refractivity contribution < 1.29 is 0 Å². The van der Waals surface area contributed by atoms with Gasteiger partial charge in [-0.05, 0) is 37.4 Å². The molecule has 2 aromatic rings. The molecule has 1 unspecified atom stereocenters. The van der Waals surface area contributed by atoms with Gasteiger partial charge in [0.2, 0.25) is 0 Å². The molecular weight excluding hydrogens is 232 g/mol. The third-order valence-electron chi connectivity index (χ3n) is 3.46. The SMILES string of the molecule is CCNC(CCC(C)C)c1ccc2ccccc2n1. The molecular formula is C17H24N2. The first-order valence-corrected chi connectivity index (χ1v) is 7.29. The summed E-state index contributed by atoms with van der Waals surface area (Å²) < 4.78 is 0. The number of aromatic nitrogens is 1. The highest BCUT2D eigenvalue weighted by Crippen LogP contribution is 2.22. The fraction of sp³-hybridized carbons (Fsp3) is 0.471. The van der Waals surface area contributed by atoms with E-state index in [1.165, 1.54) is 17.5 Å². The molecule has 0 bridgehead atoms. The van der Waals surface area contributed by atoms with Crippen LogP contribution in [0.25, 0.3) is 10.9 Å². The molecule has 0 spiro atoms. The van der Waals surface area contributed by atoms with E-state index in [9.17, 15) is 0 Å². The van der Waals surface area contributed by atoms with Crippen molar-refractivity contribution in [3.8, 4) is 0 Å². The molecule has 1 aromatic carbocycles. The molecule has 0 aliphatic rings. The van der Waals surface area contributed by atoms with Crippen LogP contribution in [-0.4, -0.2) is 11.5 Å². The minimum absolute atomic E-state index is 0.372. The summed E-state index contributed by atoms with van der Waals surface area (Å²) in [5.41, 5.74) is 2.26. The van der Waals surface area contributed by atoms with Crippen molar-refractivity contribution in [3.05, 3.63) is 42.1 Å². The Morgan fingerprint density at radius 1 is 1.05 bits per heavy atom. The number of hydrogen-bond acceptors (Lipinski definition) is 2. The second kappa shape index (κ2) is 6.67. The molecule has 2 rings (SSSR count). The van der Waals surface area contributed by atoms with E-state index in [-0.39, 0.29) is 0 Å². The zero-order chi connectivity index (χ0) is 13.7. The van der Waals surface area contributed by atoms with E-state index in [1.54, 1.807) is 0 Å². The smallest absolute Gasteiger partial charge is 0.0706 e. The van der Waals surface area contributed by atoms with Crippen molar-refractivity contribution in [2.45, 2.75) is 39.7 Å². The van der Waals surface area contributed by atoms with E-state index < -0.39 is 0 Å². The highest BCUT2D eigenvalue weighted by Gasteiger charge is 2.12. The van der Waals surface area contributed by atoms with E-state index in [1.807, 2.05) is 0 Å². The summed E-state index contributed by atoms with van der Waals surface area (Å²) in [6.07, 6.45) is 2.38. The lowest BCUT2D eigenvalue weighted by atomic mass is 10.0. The maximum absolute atomic E-state index is 4.81. The van der Waals surface area contributed by atoms with Crippen LogP contribution in [-0.2, 0) is 0 Å². The highest BCUT2D eigenvalue weighted by molar-refractivity contribution is 5.78. The average Bonchev–Trinajstić information content (AvgIpc) is 2.42. The Bertz CT molecular complexity index is 519. The fourth-order valence-electron chi connectivity index (χ4n) is 2.38. The second-order valence-corrected chi connectivity index (χ2v) is 5.51. The molecule has 0 amide bonds. The molecule has 0 saturated carbocycles. The second-order valence-electron chi connectivity index (χ2n) is 5.51. The molecule has 0 saturated heterocycles. The van der Waals surface area contributed by atoms with Gasteiger partial charge in [0.15, 0.2) is 0 Å². The number of nitrogens with zero attached hydrogens (tertiary/aromatic N) is 1. The Hall–Kier alpha value is -1.41. The molecule has 0 radical (unpaired) electrons. The average molecular weight is 256 g/mol. The first-order valence-electron chi connectivity index (χ1n) is 7.29. The number of fused-ring (bicyclic) bond motifs is 1. The predicted octanol–water partition coefficient (Wildman–Crippen LogP) is 4.32. The van der Waals surface area contributed by atoms with Crippen LogP contribution in [0.1, 0.15) is 45.3 Å². The first kappa shape index (κ1) is 14.0. The number of para-hydroxylation sites is 1. The van der Waals surface area contributed by atoms with Gasteiger partial charge in [0.05, 0.1) is 11.2 Å². The third-order valence-corrected chi connectivity index (χ3v) is 3.46. The number of benzene rings is 1. The maximum Gasteiger partial charge on any atom is 0.0706 e. The van der Waals surface area contributed by atoms with E-state index in [0.717, 1.165) is 24.4 Å². The zero-order valence-corrected chi connectivity index (χ0v) is 12.2. The molecule has 2 nitrogen and oxygen atoms in total. The summed E-state index contributed by atoms with van der Waals surface area (Å²) >= 11 is 0. The molecule has 0 fully saturated rings. The van der Waals surface area contributed by atoms with Crippen LogP contribution >= 0.6 is 0 Å². The van der Waals surface area contributed by atoms with Crippen LogP contribution in [0.15, 0.2) is 36.4 Å². The molecule has 2 heteroatoms. The lowest BCUT2D eigenvalue weighted by molar-refractivity contribution is 0.442. The van der Waals surface area contributed by atoms with Gasteiger partial charge in [-0.15, -0.1) is 0 Å². The molecule has 0 aliphatic heterocycles. The Morgan fingerprint density at radius 3 is 2.58 bits per heavy atom. The summed E-state index contributed by atoms with van der Waals surface area (Å²) in [6, 6.07) is 13.0. The number of rotatable bonds is 6. The Labute approximate surface area is 116 Å². The molecule has 1 atom stereocenters. The van der Waals surface area contributed by atoms with Gasteiger partial charge in [-0.2, -0.15) is 0 Å². The van der Waals surface area contributed by atoms with Crippen molar-refractivity contribution in [1.29, 1.82) is 0 Å². The van der Waals surface area contributed by atoms with Gasteiger partial charge in [-0.1, -0.05) is 45.0 Å². The lowest BCUT2D eigenvalue weighted by Gasteiger charge is -2.19. The predicted molar refractivity (Wildman–Crippen MR) is 82.2 cm³/mol. The normalized spacial score (nSPS) is 13.1. The van der Waals surface area contributed by atoms with E-state index in [0.29, 0.717) is 6.04 Å². The summed E-state index contributed by atoms with van der Waals surface area (Å²) in [5, 5.41) is 4.77. The van der Waals surface area contributed by atoms with Gasteiger partial charge in [-0.3, -0.25) is 4.98 Å². The number of nitrogens with one attached hydrogen (secondary N) is 1. The highest BCUT2D eigenvalue weighted by atomic mass is 14.9. The van der Waals surface area contributed by atoms with Gasteiger partial charge in [0, 0.05) is 11.4 Å². The van der Waals surface area contributed by atoms with Gasteiger partial charge in [-0.25, -0.2) is 0 Å². The summed E-state index contributed by atoms with van der Waals surface area (Å²) in [6.45, 7) is 7.69. The topological polar surface area (TPSA) is 24.9 Å². The molecule has 1 heterocycles. The number of hydrogen-bond donors (Lipinski definition) is 1. The zero-order valence-electron chi connectivity index (χ0n) is 12.2. The fourth-order valence-corrected chi connectivity index (χ4v) is 2.38. The third kappa shape index (κ3) is 3.77. The van der Waals surface area contributed by atoms with Crippen LogP contribution in [0.4, 0.5) is 0 Å². The Morgan fingerprint density at radius 2 is 1.84 bits per heavy atom. The van der Waals surface area contributed by atoms with Crippen LogP contribution in [0, 0.1) is 5.92 Å². The Balaban J connectivity index is 2.22. The monoisotopic (exact) mass is 256 g/mol. The van der Waals surface area contributed by atoms with Gasteiger partial charge < -0.3 is 5.32 Å². The Kier molecular flexibility index (Phi) is 4.92. The molecule has 0 aliphatic carbocycles. The van der Waals surface area contributed by atoms with Crippen LogP contribution in [0.3, 0.4) is 0 Å². The van der Waals surface area contributed by atoms with Gasteiger partial charge in [0.25, 0.3) is 0 Å². The minimum atomic E-state index is 0.372. The first-order chi connectivity index (χ1) is 9.20. The molecule has 102 valence electrons. The van der Waals surface area contributed by atoms with E-state index in [4.69, 9.17) is 4.98 Å². The van der Waals surface area contributed by atoms with Crippen molar-refractivity contribution in [1.82, 2.24) is 10.3 Å². The van der Waals surface area contributed by atoms with Gasteiger partial charge in [0.1, 0.15) is 0 Å². The van der Waals surface area contributed by atoms with E-state index in [2.05, 4.69) is 62.5 Å². The van der Waals surface area contributed by atoms with Crippen molar-refractivity contribution in [3.63, 3.8) is 0 Å². The summed E-state index contributed by atoms with van der Waals surface area (Å²) in [7, 11) is 0.